The van der Waals surface area contributed by atoms with E-state index in [0.717, 1.165) is 63.3 Å². The lowest BCUT2D eigenvalue weighted by molar-refractivity contribution is -0.139. The molecular formula is C26H45BN2O3. The zero-order chi connectivity index (χ0) is 22.1. The molecule has 0 radical (unpaired) electrons. The van der Waals surface area contributed by atoms with E-state index in [4.69, 9.17) is 10.4 Å². The van der Waals surface area contributed by atoms with E-state index in [2.05, 4.69) is 4.90 Å². The number of likely N-dealkylation sites (tertiary alicyclic amines) is 1. The fourth-order valence-corrected chi connectivity index (χ4v) is 8.52. The predicted octanol–water partition coefficient (Wildman–Crippen LogP) is 4.09. The monoisotopic (exact) mass is 444 g/mol. The number of carbonyl (C=O) groups excluding carboxylic acids is 1. The zero-order valence-corrected chi connectivity index (χ0v) is 20.0. The summed E-state index contributed by atoms with van der Waals surface area (Å²) in [7, 11) is -0.547. The first kappa shape index (κ1) is 23.2. The summed E-state index contributed by atoms with van der Waals surface area (Å²) in [5.41, 5.74) is 5.97. The predicted molar refractivity (Wildman–Crippen MR) is 128 cm³/mol. The highest BCUT2D eigenvalue weighted by molar-refractivity contribution is 6.45. The van der Waals surface area contributed by atoms with Gasteiger partial charge in [-0.15, -0.1) is 0 Å². The minimum atomic E-state index is -0.547. The van der Waals surface area contributed by atoms with Crippen molar-refractivity contribution in [2.75, 3.05) is 26.2 Å². The molecule has 7 unspecified atom stereocenters. The van der Waals surface area contributed by atoms with E-state index in [1.807, 2.05) is 0 Å². The van der Waals surface area contributed by atoms with Crippen LogP contribution in [0.3, 0.4) is 0 Å². The van der Waals surface area contributed by atoms with Gasteiger partial charge in [-0.2, -0.15) is 0 Å². The summed E-state index contributed by atoms with van der Waals surface area (Å²) in [4.78, 5) is 15.7. The average molecular weight is 444 g/mol. The maximum absolute atomic E-state index is 13.5. The Morgan fingerprint density at radius 3 is 2.44 bits per heavy atom. The van der Waals surface area contributed by atoms with Gasteiger partial charge in [-0.05, 0) is 92.8 Å². The molecule has 0 aromatic carbocycles. The number of hydrogen-bond acceptors (Lipinski definition) is 4. The van der Waals surface area contributed by atoms with Gasteiger partial charge in [0, 0.05) is 25.6 Å². The van der Waals surface area contributed by atoms with Crippen LogP contribution in [0, 0.1) is 41.4 Å². The van der Waals surface area contributed by atoms with Crippen molar-refractivity contribution in [3.05, 3.63) is 0 Å². The summed E-state index contributed by atoms with van der Waals surface area (Å²) in [6.07, 6.45) is 16.0. The largest absolute Gasteiger partial charge is 0.457 e. The van der Waals surface area contributed by atoms with E-state index in [-0.39, 0.29) is 5.92 Å². The van der Waals surface area contributed by atoms with Crippen LogP contribution < -0.4 is 5.73 Å². The molecule has 0 aromatic heterocycles. The quantitative estimate of drug-likeness (QED) is 0.641. The van der Waals surface area contributed by atoms with Crippen LogP contribution in [0.1, 0.15) is 83.5 Å². The Morgan fingerprint density at radius 2 is 1.62 bits per heavy atom. The van der Waals surface area contributed by atoms with Crippen LogP contribution in [0.4, 0.5) is 0 Å². The minimum Gasteiger partial charge on any atom is -0.427 e. The molecule has 0 bridgehead atoms. The number of hydrogen-bond donors (Lipinski definition) is 2. The number of carbonyl (C=O) groups is 1. The van der Waals surface area contributed by atoms with Crippen LogP contribution in [0.2, 0.25) is 5.82 Å². The Bertz CT molecular complexity index is 641. The van der Waals surface area contributed by atoms with Gasteiger partial charge >= 0.3 is 7.12 Å². The van der Waals surface area contributed by atoms with E-state index in [1.165, 1.54) is 64.2 Å². The molecule has 3 N–H and O–H groups in total. The fraction of sp³-hybridized carbons (Fsp3) is 0.962. The number of nitrogens with zero attached hydrogens (tertiary/aromatic N) is 1. The van der Waals surface area contributed by atoms with Crippen LogP contribution in [0.15, 0.2) is 0 Å². The van der Waals surface area contributed by atoms with E-state index < -0.39 is 7.12 Å². The Morgan fingerprint density at radius 1 is 0.875 bits per heavy atom. The van der Waals surface area contributed by atoms with Crippen LogP contribution in [0.25, 0.3) is 0 Å². The van der Waals surface area contributed by atoms with Gasteiger partial charge in [0.05, 0.1) is 0 Å². The molecule has 2 aliphatic heterocycles. The maximum Gasteiger partial charge on any atom is 0.457 e. The molecule has 2 heterocycles. The van der Waals surface area contributed by atoms with Crippen LogP contribution in [-0.2, 0) is 9.45 Å². The molecule has 5 rings (SSSR count). The summed E-state index contributed by atoms with van der Waals surface area (Å²) < 4.78 is 5.64. The minimum absolute atomic E-state index is 0.231. The molecule has 5 nitrogen and oxygen atoms in total. The molecule has 0 aromatic rings. The lowest BCUT2D eigenvalue weighted by Crippen LogP contribution is -2.45. The van der Waals surface area contributed by atoms with Crippen molar-refractivity contribution in [2.45, 2.75) is 89.3 Å². The smallest absolute Gasteiger partial charge is 0.427 e. The van der Waals surface area contributed by atoms with E-state index >= 15 is 0 Å². The molecule has 32 heavy (non-hydrogen) atoms. The highest BCUT2D eigenvalue weighted by Gasteiger charge is 2.49. The molecule has 180 valence electrons. The molecule has 2 saturated heterocycles. The molecule has 7 atom stereocenters. The second-order valence-corrected chi connectivity index (χ2v) is 12.0. The van der Waals surface area contributed by atoms with Gasteiger partial charge in [-0.1, -0.05) is 38.5 Å². The Hall–Kier alpha value is -0.585. The molecule has 0 spiro atoms. The standard InChI is InChI=1S/C26H45BN2O3/c28-16-18-4-1-5-20(14-18)19-10-12-29(13-11-19)26(30)22-7-2-6-21(15-22)23-8-3-9-25-24(23)17-32-27(25)31/h18-25,31H,1-17,28H2. The molecule has 1 amide bonds. The average Bonchev–Trinajstić information content (AvgIpc) is 3.24. The van der Waals surface area contributed by atoms with Crippen LogP contribution in [-0.4, -0.2) is 49.2 Å². The zero-order valence-electron chi connectivity index (χ0n) is 20.0. The summed E-state index contributed by atoms with van der Waals surface area (Å²) >= 11 is 0. The molecular weight excluding hydrogens is 399 g/mol. The van der Waals surface area contributed by atoms with Crippen LogP contribution in [0.5, 0.6) is 0 Å². The second kappa shape index (κ2) is 10.4. The van der Waals surface area contributed by atoms with Crippen molar-refractivity contribution in [1.82, 2.24) is 4.90 Å². The second-order valence-electron chi connectivity index (χ2n) is 12.0. The first-order valence-electron chi connectivity index (χ1n) is 13.9. The van der Waals surface area contributed by atoms with Gasteiger partial charge in [0.15, 0.2) is 0 Å². The molecule has 3 saturated carbocycles. The van der Waals surface area contributed by atoms with Crippen molar-refractivity contribution in [1.29, 1.82) is 0 Å². The van der Waals surface area contributed by atoms with Crippen molar-refractivity contribution >= 4 is 13.0 Å². The number of fused-ring (bicyclic) bond motifs is 1. The molecule has 5 aliphatic rings. The van der Waals surface area contributed by atoms with Gasteiger partial charge in [0.25, 0.3) is 0 Å². The molecule has 6 heteroatoms. The summed E-state index contributed by atoms with van der Waals surface area (Å²) in [5.74, 6) is 5.21. The van der Waals surface area contributed by atoms with E-state index in [0.29, 0.717) is 29.5 Å². The number of piperidine rings is 1. The van der Waals surface area contributed by atoms with E-state index in [9.17, 15) is 9.82 Å². The van der Waals surface area contributed by atoms with Crippen molar-refractivity contribution in [2.24, 2.45) is 47.2 Å². The lowest BCUT2D eigenvalue weighted by Gasteiger charge is -2.43. The Kier molecular flexibility index (Phi) is 7.50. The van der Waals surface area contributed by atoms with Gasteiger partial charge < -0.3 is 20.3 Å². The van der Waals surface area contributed by atoms with Crippen molar-refractivity contribution in [3.8, 4) is 0 Å². The third-order valence-electron chi connectivity index (χ3n) is 10.3. The first-order valence-corrected chi connectivity index (χ1v) is 13.9. The Balaban J connectivity index is 1.13. The number of rotatable bonds is 4. The van der Waals surface area contributed by atoms with Gasteiger partial charge in [-0.3, -0.25) is 4.79 Å². The topological polar surface area (TPSA) is 75.8 Å². The molecule has 3 aliphatic carbocycles. The maximum atomic E-state index is 13.5. The van der Waals surface area contributed by atoms with Gasteiger partial charge in [-0.25, -0.2) is 0 Å². The molecule has 5 fully saturated rings. The van der Waals surface area contributed by atoms with Crippen LogP contribution >= 0.6 is 0 Å². The highest BCUT2D eigenvalue weighted by Crippen LogP contribution is 2.51. The van der Waals surface area contributed by atoms with Crippen molar-refractivity contribution < 1.29 is 14.5 Å². The third kappa shape index (κ3) is 4.79. The van der Waals surface area contributed by atoms with Crippen molar-refractivity contribution in [3.63, 3.8) is 0 Å². The lowest BCUT2D eigenvalue weighted by atomic mass is 9.55. The number of nitrogens with two attached hydrogens (primary N) is 1. The first-order chi connectivity index (χ1) is 15.6. The fourth-order valence-electron chi connectivity index (χ4n) is 8.52. The van der Waals surface area contributed by atoms with Gasteiger partial charge in [0.2, 0.25) is 5.91 Å². The third-order valence-corrected chi connectivity index (χ3v) is 10.3. The highest BCUT2D eigenvalue weighted by atomic mass is 16.5. The normalized spacial score (nSPS) is 41.5. The summed E-state index contributed by atoms with van der Waals surface area (Å²) in [6.45, 7) is 3.53. The van der Waals surface area contributed by atoms with E-state index in [1.54, 1.807) is 0 Å². The summed E-state index contributed by atoms with van der Waals surface area (Å²) in [6, 6.07) is 0. The van der Waals surface area contributed by atoms with Gasteiger partial charge in [0.1, 0.15) is 0 Å². The summed E-state index contributed by atoms with van der Waals surface area (Å²) in [5, 5.41) is 10.2. The SMILES string of the molecule is NCC1CCCC(C2CCN(C(=O)C3CCCC(C4CCCC5B(O)OCC54)C3)CC2)C1. The number of amides is 1. The Labute approximate surface area is 195 Å².